The monoisotopic (exact) mass is 382 g/mol. The van der Waals surface area contributed by atoms with E-state index in [4.69, 9.17) is 10.8 Å². The zero-order valence-corrected chi connectivity index (χ0v) is 9.36. The second-order valence-corrected chi connectivity index (χ2v) is 3.85. The van der Waals surface area contributed by atoms with Crippen LogP contribution in [0.1, 0.15) is 5.56 Å². The molecule has 0 bridgehead atoms. The minimum absolute atomic E-state index is 0.0382. The number of aliphatic carboxylic acids is 1. The number of carboxylic acid groups (broad SMARTS) is 1. The van der Waals surface area contributed by atoms with Crippen molar-refractivity contribution in [1.29, 1.82) is 0 Å². The topological polar surface area (TPSA) is 92.0 Å². The number of H-pyrrole nitrogens is 1. The number of aromatic amines is 1. The van der Waals surface area contributed by atoms with Crippen LogP contribution in [0, 0.1) is 30.7 Å². The molecular formula is C6H7AtFN3O2. The molecule has 1 aromatic heterocycles. The Bertz CT molecular complexity index is 308. The first-order valence-electron chi connectivity index (χ1n) is 3.39. The van der Waals surface area contributed by atoms with Gasteiger partial charge in [-0.1, -0.05) is 0 Å². The maximum absolute atomic E-state index is 12.9. The van der Waals surface area contributed by atoms with Crippen LogP contribution in [-0.4, -0.2) is 27.3 Å². The molecule has 7 heteroatoms. The van der Waals surface area contributed by atoms with Crippen LogP contribution in [0.5, 0.6) is 0 Å². The molecule has 1 rings (SSSR count). The summed E-state index contributed by atoms with van der Waals surface area (Å²) in [7, 11) is 0. The van der Waals surface area contributed by atoms with Gasteiger partial charge >= 0.3 is 88.3 Å². The molecule has 13 heavy (non-hydrogen) atoms. The molecule has 0 saturated heterocycles. The summed E-state index contributed by atoms with van der Waals surface area (Å²) in [5.41, 5.74) is 5.50. The molecule has 0 fully saturated rings. The fourth-order valence-electron chi connectivity index (χ4n) is 0.805. The zero-order valence-electron chi connectivity index (χ0n) is 6.42. The molecule has 0 aliphatic heterocycles. The predicted octanol–water partition coefficient (Wildman–Crippen LogP) is -1.32. The molecule has 4 N–H and O–H groups in total. The van der Waals surface area contributed by atoms with Gasteiger partial charge in [-0.25, -0.2) is 0 Å². The summed E-state index contributed by atoms with van der Waals surface area (Å²) in [5.74, 6) is -1.75. The summed E-state index contributed by atoms with van der Waals surface area (Å²) in [6, 6.07) is -1.08. The van der Waals surface area contributed by atoms with Crippen LogP contribution in [0.25, 0.3) is 0 Å². The molecule has 0 aliphatic rings. The Morgan fingerprint density at radius 2 is 2.46 bits per heavy atom. The summed E-state index contributed by atoms with van der Waals surface area (Å²) in [5, 5.41) is 14.2. The van der Waals surface area contributed by atoms with Gasteiger partial charge in [-0.15, -0.1) is 0 Å². The van der Waals surface area contributed by atoms with Crippen molar-refractivity contribution in [3.63, 3.8) is 0 Å². The first-order chi connectivity index (χ1) is 6.02. The van der Waals surface area contributed by atoms with Crippen LogP contribution >= 0.6 is 0 Å². The first-order valence-corrected chi connectivity index (χ1v) is 4.86. The van der Waals surface area contributed by atoms with Gasteiger partial charge in [-0.05, 0) is 0 Å². The molecule has 0 saturated carbocycles. The average molecular weight is 382 g/mol. The van der Waals surface area contributed by atoms with Gasteiger partial charge < -0.3 is 0 Å². The molecule has 0 aliphatic carbocycles. The third-order valence-electron chi connectivity index (χ3n) is 1.51. The zero-order chi connectivity index (χ0) is 10.0. The molecular weight excluding hydrogens is 375 g/mol. The Hall–Kier alpha value is -0.547. The summed E-state index contributed by atoms with van der Waals surface area (Å²) in [6.45, 7) is 0. The fourth-order valence-corrected chi connectivity index (χ4v) is 1.59. The second kappa shape index (κ2) is 4.11. The van der Waals surface area contributed by atoms with E-state index in [1.54, 1.807) is 0 Å². The van der Waals surface area contributed by atoms with Crippen LogP contribution in [0.2, 0.25) is 0 Å². The van der Waals surface area contributed by atoms with Gasteiger partial charge in [-0.3, -0.25) is 0 Å². The quantitative estimate of drug-likeness (QED) is 0.605. The molecule has 1 heterocycles. The van der Waals surface area contributed by atoms with Crippen molar-refractivity contribution in [3.8, 4) is 0 Å². The van der Waals surface area contributed by atoms with E-state index < -0.39 is 18.0 Å². The molecule has 5 nitrogen and oxygen atoms in total. The van der Waals surface area contributed by atoms with E-state index in [0.29, 0.717) is 3.40 Å². The molecule has 1 aromatic rings. The Balaban J connectivity index is 2.79. The number of halogens is 1. The number of hydrogen-bond donors (Lipinski definition) is 3. The Kier molecular flexibility index (Phi) is 3.33. The van der Waals surface area contributed by atoms with E-state index in [9.17, 15) is 9.18 Å². The average Bonchev–Trinajstić information content (AvgIpc) is 2.35. The fraction of sp³-hybridized carbons (Fsp3) is 0.333. The molecule has 72 valence electrons. The van der Waals surface area contributed by atoms with Crippen LogP contribution in [-0.2, 0) is 11.2 Å². The number of carbonyl (C=O) groups is 1. The number of nitrogens with zero attached hydrogens (tertiary/aromatic N) is 1. The first kappa shape index (κ1) is 10.5. The summed E-state index contributed by atoms with van der Waals surface area (Å²) in [4.78, 5) is 10.4. The number of nitrogens with two attached hydrogens (primary N) is 1. The van der Waals surface area contributed by atoms with E-state index in [2.05, 4.69) is 10.2 Å². The second-order valence-electron chi connectivity index (χ2n) is 2.46. The number of rotatable bonds is 3. The minimum atomic E-state index is -1.15. The number of aromatic nitrogens is 2. The molecule has 1 atom stereocenters. The van der Waals surface area contributed by atoms with Crippen LogP contribution in [0.4, 0.5) is 4.39 Å². The van der Waals surface area contributed by atoms with Crippen molar-refractivity contribution in [2.45, 2.75) is 12.5 Å². The van der Waals surface area contributed by atoms with Crippen LogP contribution in [0.15, 0.2) is 0 Å². The van der Waals surface area contributed by atoms with Crippen LogP contribution < -0.4 is 9.14 Å². The van der Waals surface area contributed by atoms with E-state index in [-0.39, 0.29) is 12.0 Å². The standard InChI is InChI=1S/C6H7AtFN3O2/c7-4-2(5(8)11-10-4)1-3(9)6(12)13/h3H,1,9H2,(H,10,11)(H,12,13). The SMILES string of the molecule is NC(Cc1c([At])n[nH]c1F)C(=O)O. The molecule has 0 radical (unpaired) electrons. The summed E-state index contributed by atoms with van der Waals surface area (Å²) >= 11 is 1.18. The third-order valence-corrected chi connectivity index (χ3v) is 2.72. The van der Waals surface area contributed by atoms with Gasteiger partial charge in [-0.2, -0.15) is 0 Å². The van der Waals surface area contributed by atoms with Crippen molar-refractivity contribution in [2.75, 3.05) is 0 Å². The van der Waals surface area contributed by atoms with E-state index in [1.807, 2.05) is 0 Å². The third kappa shape index (κ3) is 2.45. The van der Waals surface area contributed by atoms with Gasteiger partial charge in [0.25, 0.3) is 0 Å². The van der Waals surface area contributed by atoms with Crippen molar-refractivity contribution in [2.24, 2.45) is 5.73 Å². The van der Waals surface area contributed by atoms with Gasteiger partial charge in [0.1, 0.15) is 0 Å². The number of hydrogen-bond acceptors (Lipinski definition) is 3. The van der Waals surface area contributed by atoms with E-state index in [0.717, 1.165) is 0 Å². The van der Waals surface area contributed by atoms with Gasteiger partial charge in [0, 0.05) is 0 Å². The van der Waals surface area contributed by atoms with Gasteiger partial charge in [0.05, 0.1) is 0 Å². The molecule has 0 aromatic carbocycles. The Morgan fingerprint density at radius 3 is 2.85 bits per heavy atom. The van der Waals surface area contributed by atoms with Gasteiger partial charge in [0.15, 0.2) is 0 Å². The summed E-state index contributed by atoms with van der Waals surface area (Å²) in [6.07, 6.45) is -0.0382. The van der Waals surface area contributed by atoms with Crippen molar-refractivity contribution in [3.05, 3.63) is 11.5 Å². The molecule has 1 unspecified atom stereocenters. The normalized spacial score (nSPS) is 12.8. The van der Waals surface area contributed by atoms with Crippen molar-refractivity contribution in [1.82, 2.24) is 10.2 Å². The Labute approximate surface area is 88.4 Å². The molecule has 0 spiro atoms. The maximum atomic E-state index is 12.9. The van der Waals surface area contributed by atoms with Crippen LogP contribution in [0.3, 0.4) is 0 Å². The predicted molar refractivity (Wildman–Crippen MR) is 37.5 cm³/mol. The summed E-state index contributed by atoms with van der Waals surface area (Å²) < 4.78 is 13.4. The van der Waals surface area contributed by atoms with E-state index in [1.165, 1.54) is 24.7 Å². The van der Waals surface area contributed by atoms with Crippen molar-refractivity contribution < 1.29 is 39.0 Å². The van der Waals surface area contributed by atoms with E-state index >= 15 is 0 Å². The van der Waals surface area contributed by atoms with Crippen molar-refractivity contribution >= 4 is 9.37 Å². The molecule has 0 amide bonds. The Morgan fingerprint density at radius 1 is 1.85 bits per heavy atom. The van der Waals surface area contributed by atoms with Gasteiger partial charge in [0.2, 0.25) is 0 Å². The number of carboxylic acids is 1. The number of nitrogens with one attached hydrogen (secondary N) is 1.